The first-order valence-electron chi connectivity index (χ1n) is 5.05. The van der Waals surface area contributed by atoms with Crippen LogP contribution in [0.5, 0.6) is 0 Å². The molecular weight excluding hydrogens is 244 g/mol. The van der Waals surface area contributed by atoms with Crippen LogP contribution in [0.1, 0.15) is 11.1 Å². The third kappa shape index (κ3) is 1.35. The number of benzene rings is 2. The lowest BCUT2D eigenvalue weighted by atomic mass is 10.1. The molecule has 0 amide bonds. The van der Waals surface area contributed by atoms with Crippen molar-refractivity contribution in [1.29, 1.82) is 0 Å². The summed E-state index contributed by atoms with van der Waals surface area (Å²) in [6.45, 7) is 0. The van der Waals surface area contributed by atoms with Crippen molar-refractivity contribution in [3.63, 3.8) is 0 Å². The summed E-state index contributed by atoms with van der Waals surface area (Å²) in [6, 6.07) is 9.23. The predicted octanol–water partition coefficient (Wildman–Crippen LogP) is 2.87. The van der Waals surface area contributed by atoms with Gasteiger partial charge in [0.2, 0.25) is 0 Å². The smallest absolute Gasteiger partial charge is 0.207 e. The van der Waals surface area contributed by atoms with Gasteiger partial charge in [0.1, 0.15) is 0 Å². The van der Waals surface area contributed by atoms with Crippen LogP contribution in [0.2, 0.25) is 0 Å². The van der Waals surface area contributed by atoms with Crippen molar-refractivity contribution >= 4 is 30.5 Å². The number of halogens is 1. The summed E-state index contributed by atoms with van der Waals surface area (Å²) < 4.78 is 22.9. The van der Waals surface area contributed by atoms with E-state index in [-0.39, 0.29) is 4.90 Å². The van der Waals surface area contributed by atoms with Crippen LogP contribution in [0.4, 0.5) is 0 Å². The van der Waals surface area contributed by atoms with Crippen LogP contribution in [0.15, 0.2) is 35.2 Å². The molecule has 3 rings (SSSR count). The summed E-state index contributed by atoms with van der Waals surface area (Å²) in [4.78, 5) is 0.219. The van der Waals surface area contributed by atoms with Crippen molar-refractivity contribution in [3.05, 3.63) is 41.5 Å². The number of rotatable bonds is 1. The van der Waals surface area contributed by atoms with Gasteiger partial charge in [-0.15, -0.1) is 0 Å². The summed E-state index contributed by atoms with van der Waals surface area (Å²) in [5, 5.41) is 1.83. The fourth-order valence-electron chi connectivity index (χ4n) is 2.43. The van der Waals surface area contributed by atoms with Crippen LogP contribution in [0, 0.1) is 0 Å². The highest BCUT2D eigenvalue weighted by Gasteiger charge is 2.20. The van der Waals surface area contributed by atoms with Crippen molar-refractivity contribution in [2.45, 2.75) is 17.7 Å². The van der Waals surface area contributed by atoms with Gasteiger partial charge < -0.3 is 0 Å². The van der Waals surface area contributed by atoms with E-state index in [0.29, 0.717) is 0 Å². The third-order valence-corrected chi connectivity index (χ3v) is 4.48. The molecule has 0 saturated carbocycles. The molecule has 82 valence electrons. The maximum atomic E-state index is 11.5. The van der Waals surface area contributed by atoms with E-state index < -0.39 is 9.05 Å². The first-order chi connectivity index (χ1) is 7.57. The van der Waals surface area contributed by atoms with Crippen molar-refractivity contribution in [1.82, 2.24) is 0 Å². The SMILES string of the molecule is O=S(=O)(Cl)c1ccc2c3c(cccc13)CC2. The van der Waals surface area contributed by atoms with Crippen LogP contribution in [-0.2, 0) is 21.9 Å². The van der Waals surface area contributed by atoms with E-state index in [4.69, 9.17) is 10.7 Å². The molecule has 1 aliphatic carbocycles. The summed E-state index contributed by atoms with van der Waals surface area (Å²) in [5.74, 6) is 0. The molecule has 0 aromatic heterocycles. The van der Waals surface area contributed by atoms with Gasteiger partial charge in [0.15, 0.2) is 0 Å². The minimum Gasteiger partial charge on any atom is -0.207 e. The lowest BCUT2D eigenvalue weighted by Gasteiger charge is -2.05. The molecule has 0 atom stereocenters. The van der Waals surface area contributed by atoms with Gasteiger partial charge in [-0.2, -0.15) is 0 Å². The van der Waals surface area contributed by atoms with Crippen molar-refractivity contribution in [2.24, 2.45) is 0 Å². The second-order valence-corrected chi connectivity index (χ2v) is 6.53. The molecule has 4 heteroatoms. The van der Waals surface area contributed by atoms with E-state index in [1.54, 1.807) is 6.07 Å². The fourth-order valence-corrected chi connectivity index (χ4v) is 3.50. The van der Waals surface area contributed by atoms with Crippen LogP contribution in [0.3, 0.4) is 0 Å². The molecule has 0 fully saturated rings. The summed E-state index contributed by atoms with van der Waals surface area (Å²) >= 11 is 0. The zero-order valence-corrected chi connectivity index (χ0v) is 9.98. The monoisotopic (exact) mass is 252 g/mol. The molecule has 2 aromatic carbocycles. The van der Waals surface area contributed by atoms with E-state index in [1.165, 1.54) is 11.1 Å². The van der Waals surface area contributed by atoms with Gasteiger partial charge in [-0.25, -0.2) is 8.42 Å². The third-order valence-electron chi connectivity index (χ3n) is 3.10. The van der Waals surface area contributed by atoms with Gasteiger partial charge in [-0.05, 0) is 35.4 Å². The highest BCUT2D eigenvalue weighted by Crippen LogP contribution is 2.35. The highest BCUT2D eigenvalue weighted by atomic mass is 35.7. The van der Waals surface area contributed by atoms with Gasteiger partial charge in [0, 0.05) is 16.1 Å². The molecule has 0 radical (unpaired) electrons. The minimum atomic E-state index is -3.66. The zero-order chi connectivity index (χ0) is 11.3. The molecule has 16 heavy (non-hydrogen) atoms. The molecule has 2 nitrogen and oxygen atoms in total. The summed E-state index contributed by atoms with van der Waals surface area (Å²) in [5.41, 5.74) is 2.43. The van der Waals surface area contributed by atoms with Gasteiger partial charge in [-0.1, -0.05) is 24.3 Å². The second-order valence-electron chi connectivity index (χ2n) is 4.00. The lowest BCUT2D eigenvalue weighted by molar-refractivity contribution is 0.610. The number of hydrogen-bond acceptors (Lipinski definition) is 2. The van der Waals surface area contributed by atoms with E-state index in [1.807, 2.05) is 24.3 Å². The number of hydrogen-bond donors (Lipinski definition) is 0. The van der Waals surface area contributed by atoms with E-state index in [9.17, 15) is 8.42 Å². The van der Waals surface area contributed by atoms with Gasteiger partial charge in [0.05, 0.1) is 4.90 Å². The minimum absolute atomic E-state index is 0.219. The van der Waals surface area contributed by atoms with Crippen LogP contribution in [0.25, 0.3) is 10.8 Å². The molecule has 0 unspecified atom stereocenters. The van der Waals surface area contributed by atoms with Gasteiger partial charge in [-0.3, -0.25) is 0 Å². The van der Waals surface area contributed by atoms with Crippen molar-refractivity contribution < 1.29 is 8.42 Å². The summed E-state index contributed by atoms with van der Waals surface area (Å²) in [6.07, 6.45) is 1.97. The molecule has 1 aliphatic rings. The zero-order valence-electron chi connectivity index (χ0n) is 8.40. The Labute approximate surface area is 98.3 Å². The van der Waals surface area contributed by atoms with Crippen molar-refractivity contribution in [2.75, 3.05) is 0 Å². The predicted molar refractivity (Wildman–Crippen MR) is 64.4 cm³/mol. The Balaban J connectivity index is 2.52. The molecule has 2 aromatic rings. The Morgan fingerprint density at radius 1 is 1.00 bits per heavy atom. The molecule has 0 bridgehead atoms. The first kappa shape index (κ1) is 10.1. The largest absolute Gasteiger partial charge is 0.261 e. The maximum Gasteiger partial charge on any atom is 0.261 e. The highest BCUT2D eigenvalue weighted by molar-refractivity contribution is 8.14. The van der Waals surface area contributed by atoms with Crippen LogP contribution >= 0.6 is 10.7 Å². The summed E-state index contributed by atoms with van der Waals surface area (Å²) in [7, 11) is 1.77. The number of aryl methyl sites for hydroxylation is 2. The average molecular weight is 253 g/mol. The van der Waals surface area contributed by atoms with Crippen molar-refractivity contribution in [3.8, 4) is 0 Å². The molecule has 0 heterocycles. The van der Waals surface area contributed by atoms with Gasteiger partial charge in [0.25, 0.3) is 9.05 Å². The lowest BCUT2D eigenvalue weighted by Crippen LogP contribution is -1.93. The quantitative estimate of drug-likeness (QED) is 0.732. The van der Waals surface area contributed by atoms with E-state index in [2.05, 4.69) is 0 Å². The molecular formula is C12H9ClO2S. The Bertz CT molecular complexity index is 679. The second kappa shape index (κ2) is 3.22. The molecule has 0 saturated heterocycles. The normalized spacial score (nSPS) is 14.6. The van der Waals surface area contributed by atoms with E-state index >= 15 is 0 Å². The Hall–Kier alpha value is -1.06. The Kier molecular flexibility index (Phi) is 2.03. The fraction of sp³-hybridized carbons (Fsp3) is 0.167. The standard InChI is InChI=1S/C12H9ClO2S/c13-16(14,15)11-7-6-9-5-4-8-2-1-3-10(11)12(8)9/h1-3,6-7H,4-5H2. The molecule has 0 spiro atoms. The molecule has 0 N–H and O–H groups in total. The van der Waals surface area contributed by atoms with Gasteiger partial charge >= 0.3 is 0 Å². The molecule has 0 aliphatic heterocycles. The van der Waals surface area contributed by atoms with Crippen LogP contribution < -0.4 is 0 Å². The van der Waals surface area contributed by atoms with Crippen LogP contribution in [-0.4, -0.2) is 8.42 Å². The maximum absolute atomic E-state index is 11.5. The Morgan fingerprint density at radius 2 is 1.69 bits per heavy atom. The first-order valence-corrected chi connectivity index (χ1v) is 7.36. The van der Waals surface area contributed by atoms with E-state index in [0.717, 1.165) is 23.6 Å². The topological polar surface area (TPSA) is 34.1 Å². The Morgan fingerprint density at radius 3 is 2.38 bits per heavy atom. The average Bonchev–Trinajstić information content (AvgIpc) is 2.63.